The maximum atomic E-state index is 13.4. The third kappa shape index (κ3) is 4.20. The Balaban J connectivity index is 2.85. The smallest absolute Gasteiger partial charge is 0.326 e. The molecule has 19 heavy (non-hydrogen) atoms. The molecular formula is C12H13F2NO3S. The summed E-state index contributed by atoms with van der Waals surface area (Å²) in [5, 5.41) is 11.0. The topological polar surface area (TPSA) is 66.4 Å². The molecule has 104 valence electrons. The summed E-state index contributed by atoms with van der Waals surface area (Å²) in [5.41, 5.74) is -0.766. The number of carboxylic acids is 1. The van der Waals surface area contributed by atoms with Crippen molar-refractivity contribution in [3.63, 3.8) is 0 Å². The van der Waals surface area contributed by atoms with E-state index in [1.165, 1.54) is 11.8 Å². The standard InChI is InChI=1S/C12H13F2NO3S/c1-19-6-5-9(12(17)18)15-11(16)10-7(13)3-2-4-8(10)14/h2-4,9H,5-6H2,1H3,(H,15,16)(H,17,18). The van der Waals surface area contributed by atoms with Gasteiger partial charge in [0.05, 0.1) is 0 Å². The highest BCUT2D eigenvalue weighted by molar-refractivity contribution is 7.98. The van der Waals surface area contributed by atoms with Crippen LogP contribution in [0, 0.1) is 11.6 Å². The largest absolute Gasteiger partial charge is 0.480 e. The van der Waals surface area contributed by atoms with Crippen molar-refractivity contribution in [2.24, 2.45) is 0 Å². The molecule has 0 saturated heterocycles. The lowest BCUT2D eigenvalue weighted by molar-refractivity contribution is -0.139. The second-order valence-corrected chi connectivity index (χ2v) is 4.73. The van der Waals surface area contributed by atoms with Crippen molar-refractivity contribution >= 4 is 23.6 Å². The molecule has 1 aromatic rings. The Hall–Kier alpha value is -1.63. The summed E-state index contributed by atoms with van der Waals surface area (Å²) in [7, 11) is 0. The maximum absolute atomic E-state index is 13.4. The predicted molar refractivity (Wildman–Crippen MR) is 68.2 cm³/mol. The van der Waals surface area contributed by atoms with Crippen LogP contribution in [0.4, 0.5) is 8.78 Å². The van der Waals surface area contributed by atoms with Gasteiger partial charge in [0.2, 0.25) is 0 Å². The normalized spacial score (nSPS) is 11.9. The number of hydrogen-bond acceptors (Lipinski definition) is 3. The molecule has 0 spiro atoms. The first-order chi connectivity index (χ1) is 8.97. The Morgan fingerprint density at radius 1 is 1.37 bits per heavy atom. The fourth-order valence-corrected chi connectivity index (χ4v) is 1.91. The minimum absolute atomic E-state index is 0.179. The lowest BCUT2D eigenvalue weighted by Gasteiger charge is -2.14. The molecule has 1 aromatic carbocycles. The average molecular weight is 289 g/mol. The van der Waals surface area contributed by atoms with Crippen LogP contribution in [0.5, 0.6) is 0 Å². The number of thioether (sulfide) groups is 1. The Labute approximate surface area is 113 Å². The highest BCUT2D eigenvalue weighted by Gasteiger charge is 2.23. The monoisotopic (exact) mass is 289 g/mol. The van der Waals surface area contributed by atoms with Crippen LogP contribution in [0.25, 0.3) is 0 Å². The molecule has 1 atom stereocenters. The number of carboxylic acid groups (broad SMARTS) is 1. The van der Waals surface area contributed by atoms with Crippen LogP contribution in [0.2, 0.25) is 0 Å². The van der Waals surface area contributed by atoms with Crippen molar-refractivity contribution in [3.8, 4) is 0 Å². The summed E-state index contributed by atoms with van der Waals surface area (Å²) in [5.74, 6) is -3.84. The van der Waals surface area contributed by atoms with Crippen molar-refractivity contribution in [2.45, 2.75) is 12.5 Å². The number of carbonyl (C=O) groups excluding carboxylic acids is 1. The molecule has 2 N–H and O–H groups in total. The molecule has 0 saturated carbocycles. The van der Waals surface area contributed by atoms with E-state index in [0.29, 0.717) is 5.75 Å². The number of aliphatic carboxylic acids is 1. The number of benzene rings is 1. The van der Waals surface area contributed by atoms with E-state index in [1.54, 1.807) is 6.26 Å². The van der Waals surface area contributed by atoms with Gasteiger partial charge in [0.1, 0.15) is 23.2 Å². The van der Waals surface area contributed by atoms with Crippen LogP contribution < -0.4 is 5.32 Å². The van der Waals surface area contributed by atoms with Gasteiger partial charge in [-0.3, -0.25) is 4.79 Å². The van der Waals surface area contributed by atoms with E-state index in [2.05, 4.69) is 5.32 Å². The van der Waals surface area contributed by atoms with Gasteiger partial charge in [-0.15, -0.1) is 0 Å². The van der Waals surface area contributed by atoms with Gasteiger partial charge in [-0.25, -0.2) is 13.6 Å². The van der Waals surface area contributed by atoms with Crippen LogP contribution in [-0.2, 0) is 4.79 Å². The SMILES string of the molecule is CSCCC(NC(=O)c1c(F)cccc1F)C(=O)O. The van der Waals surface area contributed by atoms with Crippen LogP contribution in [0.3, 0.4) is 0 Å². The molecule has 0 aliphatic rings. The Bertz CT molecular complexity index is 462. The summed E-state index contributed by atoms with van der Waals surface area (Å²) < 4.78 is 26.7. The Morgan fingerprint density at radius 2 is 1.95 bits per heavy atom. The van der Waals surface area contributed by atoms with Crippen LogP contribution in [-0.4, -0.2) is 35.0 Å². The second kappa shape index (κ2) is 7.08. The van der Waals surface area contributed by atoms with Crippen LogP contribution >= 0.6 is 11.8 Å². The molecule has 0 aromatic heterocycles. The fourth-order valence-electron chi connectivity index (χ4n) is 1.44. The van der Waals surface area contributed by atoms with Crippen LogP contribution in [0.1, 0.15) is 16.8 Å². The van der Waals surface area contributed by atoms with E-state index in [1.807, 2.05) is 0 Å². The number of rotatable bonds is 6. The maximum Gasteiger partial charge on any atom is 0.326 e. The first-order valence-electron chi connectivity index (χ1n) is 5.44. The highest BCUT2D eigenvalue weighted by Crippen LogP contribution is 2.12. The molecule has 0 heterocycles. The molecule has 4 nitrogen and oxygen atoms in total. The van der Waals surface area contributed by atoms with Gasteiger partial charge in [0.25, 0.3) is 5.91 Å². The third-order valence-corrected chi connectivity index (χ3v) is 3.05. The summed E-state index contributed by atoms with van der Waals surface area (Å²) in [6.07, 6.45) is 1.97. The van der Waals surface area contributed by atoms with Crippen molar-refractivity contribution in [1.82, 2.24) is 5.32 Å². The molecule has 0 aliphatic heterocycles. The second-order valence-electron chi connectivity index (χ2n) is 3.74. The number of hydrogen-bond donors (Lipinski definition) is 2. The van der Waals surface area contributed by atoms with Crippen LogP contribution in [0.15, 0.2) is 18.2 Å². The lowest BCUT2D eigenvalue weighted by Crippen LogP contribution is -2.41. The van der Waals surface area contributed by atoms with E-state index in [9.17, 15) is 18.4 Å². The van der Waals surface area contributed by atoms with Gasteiger partial charge in [0, 0.05) is 0 Å². The minimum atomic E-state index is -1.24. The first-order valence-corrected chi connectivity index (χ1v) is 6.83. The van der Waals surface area contributed by atoms with Crippen molar-refractivity contribution in [3.05, 3.63) is 35.4 Å². The molecule has 0 radical (unpaired) electrons. The van der Waals surface area contributed by atoms with E-state index >= 15 is 0 Å². The molecule has 1 rings (SSSR count). The summed E-state index contributed by atoms with van der Waals surface area (Å²) in [6.45, 7) is 0. The molecule has 0 bridgehead atoms. The Kier molecular flexibility index (Phi) is 5.75. The fraction of sp³-hybridized carbons (Fsp3) is 0.333. The average Bonchev–Trinajstić information content (AvgIpc) is 2.33. The Morgan fingerprint density at radius 3 is 2.42 bits per heavy atom. The van der Waals surface area contributed by atoms with E-state index in [-0.39, 0.29) is 6.42 Å². The predicted octanol–water partition coefficient (Wildman–Crippen LogP) is 1.90. The van der Waals surface area contributed by atoms with Gasteiger partial charge < -0.3 is 10.4 Å². The quantitative estimate of drug-likeness (QED) is 0.839. The zero-order valence-corrected chi connectivity index (χ0v) is 11.0. The van der Waals surface area contributed by atoms with E-state index in [0.717, 1.165) is 18.2 Å². The molecular weight excluding hydrogens is 276 g/mol. The van der Waals surface area contributed by atoms with Crippen molar-refractivity contribution < 1.29 is 23.5 Å². The molecule has 0 fully saturated rings. The number of halogens is 2. The highest BCUT2D eigenvalue weighted by atomic mass is 32.2. The van der Waals surface area contributed by atoms with E-state index < -0.39 is 35.1 Å². The summed E-state index contributed by atoms with van der Waals surface area (Å²) in [4.78, 5) is 22.6. The first kappa shape index (κ1) is 15.4. The van der Waals surface area contributed by atoms with Gasteiger partial charge >= 0.3 is 5.97 Å². The number of nitrogens with one attached hydrogen (secondary N) is 1. The summed E-state index contributed by atoms with van der Waals surface area (Å²) >= 11 is 1.41. The van der Waals surface area contributed by atoms with E-state index in [4.69, 9.17) is 5.11 Å². The van der Waals surface area contributed by atoms with Gasteiger partial charge in [-0.2, -0.15) is 11.8 Å². The van der Waals surface area contributed by atoms with Gasteiger partial charge in [-0.1, -0.05) is 6.07 Å². The zero-order valence-electron chi connectivity index (χ0n) is 10.2. The van der Waals surface area contributed by atoms with Crippen molar-refractivity contribution in [2.75, 3.05) is 12.0 Å². The number of carbonyl (C=O) groups is 2. The molecule has 1 unspecified atom stereocenters. The zero-order chi connectivity index (χ0) is 14.4. The summed E-state index contributed by atoms with van der Waals surface area (Å²) in [6, 6.07) is 1.84. The van der Waals surface area contributed by atoms with Gasteiger partial charge in [0.15, 0.2) is 0 Å². The van der Waals surface area contributed by atoms with Gasteiger partial charge in [-0.05, 0) is 30.6 Å². The molecule has 1 amide bonds. The third-order valence-electron chi connectivity index (χ3n) is 2.40. The molecule has 7 heteroatoms. The molecule has 0 aliphatic carbocycles. The lowest BCUT2D eigenvalue weighted by atomic mass is 10.1. The number of amides is 1. The van der Waals surface area contributed by atoms with Crippen molar-refractivity contribution in [1.29, 1.82) is 0 Å². The minimum Gasteiger partial charge on any atom is -0.480 e.